The van der Waals surface area contributed by atoms with Crippen LogP contribution in [0.2, 0.25) is 0 Å². The van der Waals surface area contributed by atoms with E-state index in [2.05, 4.69) is 5.32 Å². The normalized spacial score (nSPS) is 12.3. The quantitative estimate of drug-likeness (QED) is 0.856. The lowest BCUT2D eigenvalue weighted by atomic mass is 10.0. The Hall–Kier alpha value is -2.63. The van der Waals surface area contributed by atoms with E-state index in [1.54, 1.807) is 20.0 Å². The van der Waals surface area contributed by atoms with Gasteiger partial charge in [0.2, 0.25) is 11.8 Å². The standard InChI is InChI=1S/C17H20N2O4/c1-11(2)16(17(22)23)18-14(20)7-8-15(21)19-10-9-12-5-3-4-6-13(12)19/h3-6,9-11,16H,7-8H2,1-2H3,(H,18,20)(H,22,23). The Morgan fingerprint density at radius 3 is 2.48 bits per heavy atom. The van der Waals surface area contributed by atoms with Gasteiger partial charge in [0.15, 0.2) is 0 Å². The fraction of sp³-hybridized carbons (Fsp3) is 0.353. The lowest BCUT2D eigenvalue weighted by molar-refractivity contribution is -0.143. The van der Waals surface area contributed by atoms with Crippen LogP contribution < -0.4 is 5.32 Å². The van der Waals surface area contributed by atoms with Crippen molar-refractivity contribution in [3.8, 4) is 0 Å². The van der Waals surface area contributed by atoms with E-state index in [1.165, 1.54) is 4.57 Å². The minimum atomic E-state index is -1.07. The number of aromatic nitrogens is 1. The molecule has 122 valence electrons. The summed E-state index contributed by atoms with van der Waals surface area (Å²) in [6.07, 6.45) is 1.66. The summed E-state index contributed by atoms with van der Waals surface area (Å²) in [7, 11) is 0. The molecule has 0 saturated carbocycles. The molecule has 1 aromatic carbocycles. The van der Waals surface area contributed by atoms with Gasteiger partial charge < -0.3 is 10.4 Å². The molecule has 0 aliphatic carbocycles. The van der Waals surface area contributed by atoms with Crippen LogP contribution in [0.15, 0.2) is 36.5 Å². The van der Waals surface area contributed by atoms with Gasteiger partial charge in [-0.25, -0.2) is 4.79 Å². The minimum absolute atomic E-state index is 0.0228. The Labute approximate surface area is 134 Å². The zero-order valence-corrected chi connectivity index (χ0v) is 13.2. The molecule has 0 bridgehead atoms. The predicted molar refractivity (Wildman–Crippen MR) is 86.2 cm³/mol. The van der Waals surface area contributed by atoms with Gasteiger partial charge in [0.25, 0.3) is 0 Å². The molecule has 0 aliphatic rings. The zero-order chi connectivity index (χ0) is 17.0. The number of para-hydroxylation sites is 1. The predicted octanol–water partition coefficient (Wildman–Crippen LogP) is 2.29. The van der Waals surface area contributed by atoms with Crippen LogP contribution in [0.1, 0.15) is 31.5 Å². The molecule has 6 heteroatoms. The largest absolute Gasteiger partial charge is 0.480 e. The highest BCUT2D eigenvalue weighted by Crippen LogP contribution is 2.15. The fourth-order valence-electron chi connectivity index (χ4n) is 2.40. The summed E-state index contributed by atoms with van der Waals surface area (Å²) >= 11 is 0. The van der Waals surface area contributed by atoms with Gasteiger partial charge in [0.05, 0.1) is 5.52 Å². The highest BCUT2D eigenvalue weighted by molar-refractivity contribution is 5.94. The number of benzene rings is 1. The molecule has 2 aromatic rings. The number of hydrogen-bond donors (Lipinski definition) is 2. The first-order valence-corrected chi connectivity index (χ1v) is 7.51. The Morgan fingerprint density at radius 2 is 1.83 bits per heavy atom. The van der Waals surface area contributed by atoms with E-state index in [0.717, 1.165) is 10.9 Å². The molecule has 1 heterocycles. The molecular formula is C17H20N2O4. The van der Waals surface area contributed by atoms with Crippen LogP contribution in [0.4, 0.5) is 0 Å². The van der Waals surface area contributed by atoms with Crippen molar-refractivity contribution in [2.24, 2.45) is 5.92 Å². The van der Waals surface area contributed by atoms with E-state index in [9.17, 15) is 14.4 Å². The third-order valence-electron chi connectivity index (χ3n) is 3.68. The number of carboxylic acids is 1. The Bertz CT molecular complexity index is 733. The highest BCUT2D eigenvalue weighted by Gasteiger charge is 2.23. The Morgan fingerprint density at radius 1 is 1.13 bits per heavy atom. The lowest BCUT2D eigenvalue weighted by Crippen LogP contribution is -2.44. The average Bonchev–Trinajstić information content (AvgIpc) is 2.93. The highest BCUT2D eigenvalue weighted by atomic mass is 16.4. The van der Waals surface area contributed by atoms with E-state index in [0.29, 0.717) is 0 Å². The summed E-state index contributed by atoms with van der Waals surface area (Å²) < 4.78 is 1.51. The molecule has 1 aromatic heterocycles. The van der Waals surface area contributed by atoms with Crippen LogP contribution in [0, 0.1) is 5.92 Å². The molecule has 2 rings (SSSR count). The van der Waals surface area contributed by atoms with Gasteiger partial charge in [-0.15, -0.1) is 0 Å². The molecule has 0 saturated heterocycles. The summed E-state index contributed by atoms with van der Waals surface area (Å²) in [6.45, 7) is 3.44. The summed E-state index contributed by atoms with van der Waals surface area (Å²) in [6, 6.07) is 8.39. The van der Waals surface area contributed by atoms with Gasteiger partial charge in [0, 0.05) is 24.4 Å². The van der Waals surface area contributed by atoms with Crippen molar-refractivity contribution in [2.75, 3.05) is 0 Å². The molecule has 1 atom stereocenters. The molecule has 1 amide bonds. The third kappa shape index (κ3) is 3.97. The third-order valence-corrected chi connectivity index (χ3v) is 3.68. The summed E-state index contributed by atoms with van der Waals surface area (Å²) in [5, 5.41) is 12.5. The molecule has 0 spiro atoms. The molecule has 0 radical (unpaired) electrons. The second kappa shape index (κ2) is 7.09. The van der Waals surface area contributed by atoms with Crippen molar-refractivity contribution in [1.29, 1.82) is 0 Å². The summed E-state index contributed by atoms with van der Waals surface area (Å²) in [4.78, 5) is 35.2. The van der Waals surface area contributed by atoms with Crippen molar-refractivity contribution in [3.63, 3.8) is 0 Å². The number of carbonyl (C=O) groups is 3. The monoisotopic (exact) mass is 316 g/mol. The van der Waals surface area contributed by atoms with Gasteiger partial charge in [-0.3, -0.25) is 14.2 Å². The number of nitrogens with one attached hydrogen (secondary N) is 1. The maximum Gasteiger partial charge on any atom is 0.326 e. The van der Waals surface area contributed by atoms with E-state index >= 15 is 0 Å². The van der Waals surface area contributed by atoms with E-state index in [1.807, 2.05) is 30.3 Å². The lowest BCUT2D eigenvalue weighted by Gasteiger charge is -2.17. The van der Waals surface area contributed by atoms with Crippen LogP contribution in [0.25, 0.3) is 10.9 Å². The molecular weight excluding hydrogens is 296 g/mol. The van der Waals surface area contributed by atoms with Crippen molar-refractivity contribution in [1.82, 2.24) is 9.88 Å². The molecule has 0 fully saturated rings. The number of aliphatic carboxylic acids is 1. The number of rotatable bonds is 6. The number of fused-ring (bicyclic) bond motifs is 1. The van der Waals surface area contributed by atoms with Gasteiger partial charge in [0.1, 0.15) is 6.04 Å². The van der Waals surface area contributed by atoms with Crippen LogP contribution in [0.3, 0.4) is 0 Å². The van der Waals surface area contributed by atoms with Crippen LogP contribution in [0.5, 0.6) is 0 Å². The number of amides is 1. The van der Waals surface area contributed by atoms with Gasteiger partial charge in [-0.05, 0) is 18.1 Å². The van der Waals surface area contributed by atoms with Crippen molar-refractivity contribution in [3.05, 3.63) is 36.5 Å². The van der Waals surface area contributed by atoms with Crippen LogP contribution in [-0.4, -0.2) is 33.5 Å². The van der Waals surface area contributed by atoms with Gasteiger partial charge in [-0.2, -0.15) is 0 Å². The van der Waals surface area contributed by atoms with E-state index in [-0.39, 0.29) is 24.7 Å². The maximum atomic E-state index is 12.2. The molecule has 0 aliphatic heterocycles. The fourth-order valence-corrected chi connectivity index (χ4v) is 2.40. The van der Waals surface area contributed by atoms with Crippen LogP contribution >= 0.6 is 0 Å². The topological polar surface area (TPSA) is 88.4 Å². The van der Waals surface area contributed by atoms with Crippen molar-refractivity contribution < 1.29 is 19.5 Å². The smallest absolute Gasteiger partial charge is 0.326 e. The maximum absolute atomic E-state index is 12.2. The van der Waals surface area contributed by atoms with Crippen molar-refractivity contribution in [2.45, 2.75) is 32.7 Å². The average molecular weight is 316 g/mol. The molecule has 2 N–H and O–H groups in total. The number of carbonyl (C=O) groups excluding carboxylic acids is 2. The summed E-state index contributed by atoms with van der Waals surface area (Å²) in [5.74, 6) is -1.93. The number of nitrogens with zero attached hydrogens (tertiary/aromatic N) is 1. The second-order valence-electron chi connectivity index (χ2n) is 5.77. The van der Waals surface area contributed by atoms with Gasteiger partial charge in [-0.1, -0.05) is 32.0 Å². The zero-order valence-electron chi connectivity index (χ0n) is 13.2. The first kappa shape index (κ1) is 16.7. The first-order valence-electron chi connectivity index (χ1n) is 7.51. The van der Waals surface area contributed by atoms with E-state index < -0.39 is 17.9 Å². The SMILES string of the molecule is CC(C)C(NC(=O)CCC(=O)n1ccc2ccccc21)C(=O)O. The Kier molecular flexibility index (Phi) is 5.16. The van der Waals surface area contributed by atoms with Crippen LogP contribution in [-0.2, 0) is 9.59 Å². The second-order valence-corrected chi connectivity index (χ2v) is 5.77. The minimum Gasteiger partial charge on any atom is -0.480 e. The number of carboxylic acid groups (broad SMARTS) is 1. The van der Waals surface area contributed by atoms with Gasteiger partial charge >= 0.3 is 5.97 Å². The number of hydrogen-bond acceptors (Lipinski definition) is 3. The molecule has 23 heavy (non-hydrogen) atoms. The molecule has 1 unspecified atom stereocenters. The summed E-state index contributed by atoms with van der Waals surface area (Å²) in [5.41, 5.74) is 0.795. The Balaban J connectivity index is 1.96. The first-order chi connectivity index (χ1) is 10.9. The molecule has 6 nitrogen and oxygen atoms in total. The van der Waals surface area contributed by atoms with Crippen molar-refractivity contribution >= 4 is 28.7 Å². The van der Waals surface area contributed by atoms with E-state index in [4.69, 9.17) is 5.11 Å².